The van der Waals surface area contributed by atoms with Crippen molar-refractivity contribution in [3.63, 3.8) is 0 Å². The number of halogens is 1. The number of carbonyl (C=O) groups excluding carboxylic acids is 1. The van der Waals surface area contributed by atoms with Gasteiger partial charge in [-0.25, -0.2) is 0 Å². The molecule has 0 fully saturated rings. The molecule has 3 N–H and O–H groups in total. The van der Waals surface area contributed by atoms with E-state index >= 15 is 0 Å². The molecule has 0 aliphatic carbocycles. The van der Waals surface area contributed by atoms with E-state index in [0.29, 0.717) is 10.7 Å². The number of hydrogen-bond donors (Lipinski definition) is 2. The van der Waals surface area contributed by atoms with Gasteiger partial charge in [-0.2, -0.15) is 0 Å². The second-order valence-corrected chi connectivity index (χ2v) is 5.73. The van der Waals surface area contributed by atoms with Gasteiger partial charge in [0.05, 0.1) is 6.04 Å². The first-order valence-electron chi connectivity index (χ1n) is 5.54. The van der Waals surface area contributed by atoms with Crippen molar-refractivity contribution >= 4 is 23.2 Å². The highest BCUT2D eigenvalue weighted by atomic mass is 35.5. The number of hydrogen-bond acceptors (Lipinski definition) is 2. The molecule has 1 amide bonds. The van der Waals surface area contributed by atoms with Crippen LogP contribution in [0.2, 0.25) is 5.02 Å². The van der Waals surface area contributed by atoms with E-state index < -0.39 is 6.04 Å². The lowest BCUT2D eigenvalue weighted by Crippen LogP contribution is -2.45. The van der Waals surface area contributed by atoms with Crippen molar-refractivity contribution in [3.8, 4) is 0 Å². The Bertz CT molecular complexity index is 424. The average molecular weight is 255 g/mol. The first-order valence-corrected chi connectivity index (χ1v) is 5.92. The van der Waals surface area contributed by atoms with Gasteiger partial charge in [-0.1, -0.05) is 38.4 Å². The summed E-state index contributed by atoms with van der Waals surface area (Å²) < 4.78 is 0. The van der Waals surface area contributed by atoms with Crippen LogP contribution in [0.4, 0.5) is 5.69 Å². The molecule has 0 radical (unpaired) electrons. The van der Waals surface area contributed by atoms with Crippen molar-refractivity contribution in [2.75, 3.05) is 5.32 Å². The van der Waals surface area contributed by atoms with Crippen molar-refractivity contribution in [3.05, 3.63) is 28.8 Å². The summed E-state index contributed by atoms with van der Waals surface area (Å²) in [6.07, 6.45) is 0. The quantitative estimate of drug-likeness (QED) is 0.853. The molecule has 0 saturated heterocycles. The van der Waals surface area contributed by atoms with Crippen molar-refractivity contribution in [2.24, 2.45) is 11.1 Å². The van der Waals surface area contributed by atoms with Crippen LogP contribution >= 0.6 is 11.6 Å². The minimum atomic E-state index is -0.555. The lowest BCUT2D eigenvalue weighted by atomic mass is 9.87. The third-order valence-electron chi connectivity index (χ3n) is 2.67. The molecule has 0 aliphatic rings. The minimum Gasteiger partial charge on any atom is -0.324 e. The van der Waals surface area contributed by atoms with Crippen LogP contribution in [0, 0.1) is 12.3 Å². The fraction of sp³-hybridized carbons (Fsp3) is 0.462. The molecule has 1 aromatic carbocycles. The van der Waals surface area contributed by atoms with Crippen LogP contribution in [0.15, 0.2) is 18.2 Å². The third-order valence-corrected chi connectivity index (χ3v) is 2.91. The predicted molar refractivity (Wildman–Crippen MR) is 72.2 cm³/mol. The molecular formula is C13H19ClN2O. The molecular weight excluding hydrogens is 236 g/mol. The number of benzene rings is 1. The molecule has 3 nitrogen and oxygen atoms in total. The van der Waals surface area contributed by atoms with Gasteiger partial charge in [0.25, 0.3) is 0 Å². The lowest BCUT2D eigenvalue weighted by molar-refractivity contribution is -0.119. The summed E-state index contributed by atoms with van der Waals surface area (Å²) in [5.74, 6) is -0.192. The summed E-state index contributed by atoms with van der Waals surface area (Å²) in [6, 6.07) is 4.82. The number of carbonyl (C=O) groups is 1. The van der Waals surface area contributed by atoms with Gasteiger partial charge in [0.15, 0.2) is 0 Å². The Morgan fingerprint density at radius 3 is 2.53 bits per heavy atom. The number of amides is 1. The summed E-state index contributed by atoms with van der Waals surface area (Å²) >= 11 is 5.89. The van der Waals surface area contributed by atoms with E-state index in [1.807, 2.05) is 33.8 Å². The number of nitrogens with one attached hydrogen (secondary N) is 1. The van der Waals surface area contributed by atoms with Gasteiger partial charge in [-0.3, -0.25) is 4.79 Å². The Morgan fingerprint density at radius 1 is 1.41 bits per heavy atom. The predicted octanol–water partition coefficient (Wildman–Crippen LogP) is 2.96. The number of rotatable bonds is 2. The van der Waals surface area contributed by atoms with E-state index in [-0.39, 0.29) is 11.3 Å². The number of nitrogens with two attached hydrogens (primary N) is 1. The zero-order valence-electron chi connectivity index (χ0n) is 10.7. The fourth-order valence-electron chi connectivity index (χ4n) is 1.33. The maximum atomic E-state index is 11.9. The molecule has 0 aromatic heterocycles. The van der Waals surface area contributed by atoms with Crippen molar-refractivity contribution in [2.45, 2.75) is 33.7 Å². The molecule has 1 atom stereocenters. The third kappa shape index (κ3) is 3.72. The van der Waals surface area contributed by atoms with Crippen LogP contribution in [0.3, 0.4) is 0 Å². The Labute approximate surface area is 107 Å². The summed E-state index contributed by atoms with van der Waals surface area (Å²) in [4.78, 5) is 11.9. The molecule has 1 aromatic rings. The van der Waals surface area contributed by atoms with Gasteiger partial charge in [0.1, 0.15) is 0 Å². The molecule has 0 saturated carbocycles. The fourth-order valence-corrected chi connectivity index (χ4v) is 1.50. The van der Waals surface area contributed by atoms with Gasteiger partial charge in [0.2, 0.25) is 5.91 Å². The Morgan fingerprint density at radius 2 is 2.00 bits per heavy atom. The normalized spacial score (nSPS) is 13.3. The van der Waals surface area contributed by atoms with Crippen LogP contribution in [-0.2, 0) is 4.79 Å². The standard InChI is InChI=1S/C13H19ClN2O/c1-8-5-6-9(14)7-10(8)16-12(17)11(15)13(2,3)4/h5-7,11H,15H2,1-4H3,(H,16,17)/t11-/m1/s1. The summed E-state index contributed by atoms with van der Waals surface area (Å²) in [5, 5.41) is 3.40. The maximum absolute atomic E-state index is 11.9. The van der Waals surface area contributed by atoms with E-state index in [4.69, 9.17) is 17.3 Å². The van der Waals surface area contributed by atoms with Crippen LogP contribution < -0.4 is 11.1 Å². The molecule has 0 spiro atoms. The number of aryl methyl sites for hydroxylation is 1. The van der Waals surface area contributed by atoms with Crippen LogP contribution in [-0.4, -0.2) is 11.9 Å². The van der Waals surface area contributed by atoms with E-state index in [0.717, 1.165) is 5.56 Å². The zero-order valence-corrected chi connectivity index (χ0v) is 11.4. The van der Waals surface area contributed by atoms with Gasteiger partial charge in [-0.05, 0) is 30.0 Å². The van der Waals surface area contributed by atoms with Gasteiger partial charge in [-0.15, -0.1) is 0 Å². The molecule has 17 heavy (non-hydrogen) atoms. The molecule has 0 heterocycles. The summed E-state index contributed by atoms with van der Waals surface area (Å²) in [5.41, 5.74) is 7.29. The smallest absolute Gasteiger partial charge is 0.241 e. The van der Waals surface area contributed by atoms with Crippen LogP contribution in [0.5, 0.6) is 0 Å². The highest BCUT2D eigenvalue weighted by molar-refractivity contribution is 6.31. The summed E-state index contributed by atoms with van der Waals surface area (Å²) in [6.45, 7) is 7.71. The zero-order chi connectivity index (χ0) is 13.2. The van der Waals surface area contributed by atoms with Crippen molar-refractivity contribution in [1.82, 2.24) is 0 Å². The average Bonchev–Trinajstić information content (AvgIpc) is 2.21. The van der Waals surface area contributed by atoms with Gasteiger partial charge < -0.3 is 11.1 Å². The summed E-state index contributed by atoms with van der Waals surface area (Å²) in [7, 11) is 0. The van der Waals surface area contributed by atoms with Crippen LogP contribution in [0.1, 0.15) is 26.3 Å². The van der Waals surface area contributed by atoms with E-state index in [9.17, 15) is 4.79 Å². The van der Waals surface area contributed by atoms with E-state index in [1.54, 1.807) is 12.1 Å². The van der Waals surface area contributed by atoms with E-state index in [2.05, 4.69) is 5.32 Å². The molecule has 94 valence electrons. The first kappa shape index (κ1) is 14.0. The van der Waals surface area contributed by atoms with Crippen molar-refractivity contribution < 1.29 is 4.79 Å². The van der Waals surface area contributed by atoms with Gasteiger partial charge >= 0.3 is 0 Å². The Kier molecular flexibility index (Phi) is 4.17. The molecule has 1 rings (SSSR count). The molecule has 0 unspecified atom stereocenters. The van der Waals surface area contributed by atoms with Crippen LogP contribution in [0.25, 0.3) is 0 Å². The number of anilines is 1. The highest BCUT2D eigenvalue weighted by Gasteiger charge is 2.27. The lowest BCUT2D eigenvalue weighted by Gasteiger charge is -2.26. The largest absolute Gasteiger partial charge is 0.324 e. The Balaban J connectivity index is 2.85. The Hall–Kier alpha value is -1.06. The second kappa shape index (κ2) is 5.07. The second-order valence-electron chi connectivity index (χ2n) is 5.29. The van der Waals surface area contributed by atoms with Crippen molar-refractivity contribution in [1.29, 1.82) is 0 Å². The minimum absolute atomic E-state index is 0.192. The SMILES string of the molecule is Cc1ccc(Cl)cc1NC(=O)[C@@H](N)C(C)(C)C. The maximum Gasteiger partial charge on any atom is 0.241 e. The topological polar surface area (TPSA) is 55.1 Å². The molecule has 0 aliphatic heterocycles. The molecule has 0 bridgehead atoms. The van der Waals surface area contributed by atoms with E-state index in [1.165, 1.54) is 0 Å². The van der Waals surface area contributed by atoms with Gasteiger partial charge in [0, 0.05) is 10.7 Å². The first-order chi connectivity index (χ1) is 7.71. The highest BCUT2D eigenvalue weighted by Crippen LogP contribution is 2.22. The monoisotopic (exact) mass is 254 g/mol. The molecule has 4 heteroatoms.